The second kappa shape index (κ2) is 10.0. The van der Waals surface area contributed by atoms with Gasteiger partial charge in [0.25, 0.3) is 0 Å². The van der Waals surface area contributed by atoms with Gasteiger partial charge in [0.15, 0.2) is 5.65 Å². The van der Waals surface area contributed by atoms with Crippen LogP contribution in [0.15, 0.2) is 43.0 Å². The van der Waals surface area contributed by atoms with Crippen molar-refractivity contribution in [3.05, 3.63) is 43.0 Å². The molecule has 5 heterocycles. The molecule has 1 N–H and O–H groups in total. The molecular formula is C28H31N9O3. The van der Waals surface area contributed by atoms with E-state index >= 15 is 0 Å². The number of piperazine rings is 1. The average Bonchev–Trinajstić information content (AvgIpc) is 3.54. The van der Waals surface area contributed by atoms with E-state index in [-0.39, 0.29) is 5.91 Å². The molecule has 1 saturated heterocycles. The Balaban J connectivity index is 1.38. The monoisotopic (exact) mass is 541 g/mol. The van der Waals surface area contributed by atoms with Crippen molar-refractivity contribution < 1.29 is 14.3 Å². The van der Waals surface area contributed by atoms with Crippen LogP contribution in [0.4, 0.5) is 17.3 Å². The summed E-state index contributed by atoms with van der Waals surface area (Å²) in [6.45, 7) is 4.33. The van der Waals surface area contributed by atoms with Crippen LogP contribution in [-0.4, -0.2) is 80.3 Å². The van der Waals surface area contributed by atoms with Gasteiger partial charge in [-0.25, -0.2) is 15.0 Å². The number of nitrogens with one attached hydrogen (secondary N) is 1. The van der Waals surface area contributed by atoms with E-state index in [0.29, 0.717) is 66.2 Å². The van der Waals surface area contributed by atoms with E-state index in [0.717, 1.165) is 22.3 Å². The van der Waals surface area contributed by atoms with Gasteiger partial charge in [-0.05, 0) is 12.1 Å². The number of methoxy groups -OCH3 is 2. The number of aryl methyl sites for hydroxylation is 2. The number of fused-ring (bicyclic) bond motifs is 2. The number of aromatic nitrogens is 6. The van der Waals surface area contributed by atoms with Crippen LogP contribution in [0.2, 0.25) is 0 Å². The number of anilines is 3. The molecule has 5 aromatic rings. The minimum absolute atomic E-state index is 0.0907. The fourth-order valence-corrected chi connectivity index (χ4v) is 5.16. The van der Waals surface area contributed by atoms with E-state index < -0.39 is 0 Å². The van der Waals surface area contributed by atoms with Gasteiger partial charge < -0.3 is 33.7 Å². The fraction of sp³-hybridized carbons (Fsp3) is 0.321. The van der Waals surface area contributed by atoms with Crippen molar-refractivity contribution in [2.24, 2.45) is 14.1 Å². The lowest BCUT2D eigenvalue weighted by Crippen LogP contribution is -2.48. The lowest BCUT2D eigenvalue weighted by atomic mass is 10.1. The van der Waals surface area contributed by atoms with Crippen molar-refractivity contribution >= 4 is 45.4 Å². The van der Waals surface area contributed by atoms with Crippen LogP contribution in [0, 0.1) is 0 Å². The quantitative estimate of drug-likeness (QED) is 0.346. The zero-order valence-corrected chi connectivity index (χ0v) is 23.2. The first-order chi connectivity index (χ1) is 19.4. The van der Waals surface area contributed by atoms with Crippen LogP contribution >= 0.6 is 0 Å². The van der Waals surface area contributed by atoms with Crippen LogP contribution in [0.5, 0.6) is 11.5 Å². The standard InChI is InChI=1S/C28H31N9O3/c1-17(38)36-8-10-37(11-9-36)21-14-22(39-4)20(13-23(21)40-5)31-28-32-24(25-27(33-28)35(3)16-30-25)19-12-18-6-7-34(2)26(18)29-15-19/h6-7,12-16H,8-11H2,1-5H3,(H,31,32,33). The lowest BCUT2D eigenvalue weighted by Gasteiger charge is -2.36. The number of amides is 1. The summed E-state index contributed by atoms with van der Waals surface area (Å²) >= 11 is 0. The topological polar surface area (TPSA) is 115 Å². The molecule has 0 unspecified atom stereocenters. The van der Waals surface area contributed by atoms with Crippen molar-refractivity contribution in [3.63, 3.8) is 0 Å². The predicted molar refractivity (Wildman–Crippen MR) is 153 cm³/mol. The summed E-state index contributed by atoms with van der Waals surface area (Å²) in [5, 5.41) is 4.36. The number of rotatable bonds is 6. The third-order valence-electron chi connectivity index (χ3n) is 7.35. The molecule has 1 fully saturated rings. The van der Waals surface area contributed by atoms with Crippen molar-refractivity contribution in [2.75, 3.05) is 50.6 Å². The summed E-state index contributed by atoms with van der Waals surface area (Å²) in [4.78, 5) is 34.7. The number of hydrogen-bond donors (Lipinski definition) is 1. The van der Waals surface area contributed by atoms with Gasteiger partial charge in [-0.3, -0.25) is 4.79 Å². The van der Waals surface area contributed by atoms with Crippen LogP contribution < -0.4 is 19.7 Å². The first-order valence-electron chi connectivity index (χ1n) is 13.0. The molecule has 4 aromatic heterocycles. The Bertz CT molecular complexity index is 1730. The molecule has 0 bridgehead atoms. The molecule has 40 heavy (non-hydrogen) atoms. The summed E-state index contributed by atoms with van der Waals surface area (Å²) < 4.78 is 15.4. The van der Waals surface area contributed by atoms with Gasteiger partial charge in [0.2, 0.25) is 11.9 Å². The molecule has 1 aromatic carbocycles. The van der Waals surface area contributed by atoms with Crippen molar-refractivity contribution in [1.82, 2.24) is 34.0 Å². The van der Waals surface area contributed by atoms with Gasteiger partial charge in [0.05, 0.1) is 31.9 Å². The van der Waals surface area contributed by atoms with Crippen LogP contribution in [0.3, 0.4) is 0 Å². The highest BCUT2D eigenvalue weighted by Gasteiger charge is 2.24. The molecule has 6 rings (SSSR count). The maximum Gasteiger partial charge on any atom is 0.230 e. The molecule has 1 aliphatic rings. The van der Waals surface area contributed by atoms with Crippen LogP contribution in [0.25, 0.3) is 33.5 Å². The van der Waals surface area contributed by atoms with Gasteiger partial charge in [0.1, 0.15) is 28.4 Å². The molecule has 0 saturated carbocycles. The number of nitrogens with zero attached hydrogens (tertiary/aromatic N) is 8. The van der Waals surface area contributed by atoms with Crippen LogP contribution in [-0.2, 0) is 18.9 Å². The molecule has 0 atom stereocenters. The van der Waals surface area contributed by atoms with E-state index in [1.807, 2.05) is 58.7 Å². The molecule has 1 aliphatic heterocycles. The number of pyridine rings is 1. The number of hydrogen-bond acceptors (Lipinski definition) is 9. The van der Waals surface area contributed by atoms with Gasteiger partial charge >= 0.3 is 0 Å². The Morgan fingerprint density at radius 2 is 1.70 bits per heavy atom. The Kier molecular flexibility index (Phi) is 6.37. The Hall–Kier alpha value is -4.87. The summed E-state index contributed by atoms with van der Waals surface area (Å²) in [6.07, 6.45) is 5.52. The Labute approximate surface area is 231 Å². The Morgan fingerprint density at radius 3 is 2.42 bits per heavy atom. The van der Waals surface area contributed by atoms with Crippen LogP contribution in [0.1, 0.15) is 6.92 Å². The highest BCUT2D eigenvalue weighted by molar-refractivity contribution is 5.91. The van der Waals surface area contributed by atoms with E-state index in [9.17, 15) is 4.79 Å². The largest absolute Gasteiger partial charge is 0.494 e. The molecule has 206 valence electrons. The number of benzene rings is 1. The van der Waals surface area contributed by atoms with E-state index in [2.05, 4.69) is 26.3 Å². The molecule has 0 radical (unpaired) electrons. The molecule has 1 amide bonds. The minimum Gasteiger partial charge on any atom is -0.494 e. The third kappa shape index (κ3) is 4.40. The average molecular weight is 542 g/mol. The molecular weight excluding hydrogens is 510 g/mol. The zero-order chi connectivity index (χ0) is 28.0. The van der Waals surface area contributed by atoms with E-state index in [1.165, 1.54) is 0 Å². The molecule has 12 nitrogen and oxygen atoms in total. The van der Waals surface area contributed by atoms with Crippen molar-refractivity contribution in [3.8, 4) is 22.8 Å². The summed E-state index contributed by atoms with van der Waals surface area (Å²) in [7, 11) is 7.14. The predicted octanol–water partition coefficient (Wildman–Crippen LogP) is 3.35. The Morgan fingerprint density at radius 1 is 0.925 bits per heavy atom. The van der Waals surface area contributed by atoms with Gasteiger partial charge in [-0.1, -0.05) is 0 Å². The molecule has 12 heteroatoms. The number of carbonyl (C=O) groups excluding carboxylic acids is 1. The zero-order valence-electron chi connectivity index (χ0n) is 23.2. The SMILES string of the molecule is COc1cc(N2CCN(C(C)=O)CC2)c(OC)cc1Nc1nc(-c2cnc3c(ccn3C)c2)c2ncn(C)c2n1. The summed E-state index contributed by atoms with van der Waals surface area (Å²) in [5.41, 5.74) is 5.36. The first-order valence-corrected chi connectivity index (χ1v) is 13.0. The second-order valence-corrected chi connectivity index (χ2v) is 9.83. The fourth-order valence-electron chi connectivity index (χ4n) is 5.16. The maximum atomic E-state index is 11.8. The minimum atomic E-state index is 0.0907. The lowest BCUT2D eigenvalue weighted by molar-refractivity contribution is -0.129. The van der Waals surface area contributed by atoms with Gasteiger partial charge in [-0.15, -0.1) is 0 Å². The van der Waals surface area contributed by atoms with Crippen molar-refractivity contribution in [2.45, 2.75) is 6.92 Å². The third-order valence-corrected chi connectivity index (χ3v) is 7.35. The highest BCUT2D eigenvalue weighted by atomic mass is 16.5. The normalized spacial score (nSPS) is 13.7. The number of imidazole rings is 1. The number of carbonyl (C=O) groups is 1. The smallest absolute Gasteiger partial charge is 0.230 e. The summed E-state index contributed by atoms with van der Waals surface area (Å²) in [6, 6.07) is 7.92. The summed E-state index contributed by atoms with van der Waals surface area (Å²) in [5.74, 6) is 1.78. The van der Waals surface area contributed by atoms with Gasteiger partial charge in [-0.2, -0.15) is 4.98 Å². The first kappa shape index (κ1) is 25.4. The number of ether oxygens (including phenoxy) is 2. The van der Waals surface area contributed by atoms with E-state index in [4.69, 9.17) is 19.4 Å². The highest BCUT2D eigenvalue weighted by Crippen LogP contribution is 2.40. The molecule has 0 spiro atoms. The van der Waals surface area contributed by atoms with E-state index in [1.54, 1.807) is 27.5 Å². The maximum absolute atomic E-state index is 11.8. The second-order valence-electron chi connectivity index (χ2n) is 9.83. The molecule has 0 aliphatic carbocycles. The van der Waals surface area contributed by atoms with Gasteiger partial charge in [0, 0.05) is 82.7 Å². The van der Waals surface area contributed by atoms with Crippen molar-refractivity contribution in [1.29, 1.82) is 0 Å².